The first kappa shape index (κ1) is 37.4. The van der Waals surface area contributed by atoms with E-state index in [1.54, 1.807) is 0 Å². The molecule has 308 valence electrons. The van der Waals surface area contributed by atoms with E-state index in [0.29, 0.717) is 5.56 Å². The van der Waals surface area contributed by atoms with Crippen LogP contribution < -0.4 is 0 Å². The molecule has 1 aromatic heterocycles. The lowest BCUT2D eigenvalue weighted by molar-refractivity contribution is 1.18. The van der Waals surface area contributed by atoms with Crippen LogP contribution >= 0.6 is 0 Å². The zero-order valence-electron chi connectivity index (χ0n) is 36.3. The van der Waals surface area contributed by atoms with Crippen molar-refractivity contribution in [2.45, 2.75) is 0 Å². The molecule has 0 atom stereocenters. The van der Waals surface area contributed by atoms with Crippen LogP contribution in [-0.2, 0) is 0 Å². The van der Waals surface area contributed by atoms with E-state index in [-0.39, 0.29) is 0 Å². The number of nitriles is 1. The Morgan fingerprint density at radius 3 is 1.51 bits per heavy atom. The number of aromatic nitrogens is 1. The lowest BCUT2D eigenvalue weighted by Gasteiger charge is -2.19. The maximum absolute atomic E-state index is 9.53. The molecule has 0 unspecified atom stereocenters. The zero-order valence-corrected chi connectivity index (χ0v) is 36.3. The fourth-order valence-electron chi connectivity index (χ4n) is 11.3. The van der Waals surface area contributed by atoms with Crippen molar-refractivity contribution < 1.29 is 0 Å². The van der Waals surface area contributed by atoms with Crippen LogP contribution in [-0.4, -0.2) is 4.57 Å². The van der Waals surface area contributed by atoms with Gasteiger partial charge in [-0.15, -0.1) is 0 Å². The number of para-hydroxylation sites is 1. The Hall–Kier alpha value is -9.03. The summed E-state index contributed by atoms with van der Waals surface area (Å²) in [5.74, 6) is 0. The van der Waals surface area contributed by atoms with E-state index < -0.39 is 0 Å². The van der Waals surface area contributed by atoms with Gasteiger partial charge in [0, 0.05) is 16.5 Å². The Bertz CT molecular complexity index is 4380. The Labute approximate surface area is 386 Å². The summed E-state index contributed by atoms with van der Waals surface area (Å²) in [4.78, 5) is 0. The number of hydrogen-bond acceptors (Lipinski definition) is 1. The molecular formula is C65H38N2. The third-order valence-electron chi connectivity index (χ3n) is 14.3. The van der Waals surface area contributed by atoms with Crippen LogP contribution in [0.25, 0.3) is 136 Å². The average Bonchev–Trinajstić information content (AvgIpc) is 3.73. The number of nitrogens with zero attached hydrogens (tertiary/aromatic N) is 2. The van der Waals surface area contributed by atoms with E-state index in [2.05, 4.69) is 223 Å². The number of hydrogen-bond donors (Lipinski definition) is 0. The van der Waals surface area contributed by atoms with Gasteiger partial charge in [0.25, 0.3) is 0 Å². The highest BCUT2D eigenvalue weighted by Crippen LogP contribution is 2.47. The van der Waals surface area contributed by atoms with Crippen LogP contribution in [0, 0.1) is 11.3 Å². The minimum atomic E-state index is 0.673. The summed E-state index contributed by atoms with van der Waals surface area (Å²) in [7, 11) is 0. The summed E-state index contributed by atoms with van der Waals surface area (Å²) in [6.45, 7) is 0. The van der Waals surface area contributed by atoms with Crippen molar-refractivity contribution in [3.63, 3.8) is 0 Å². The molecule has 0 radical (unpaired) electrons. The van der Waals surface area contributed by atoms with Crippen molar-refractivity contribution in [3.8, 4) is 45.1 Å². The van der Waals surface area contributed by atoms with Crippen LogP contribution in [0.3, 0.4) is 0 Å². The first-order chi connectivity index (χ1) is 33.2. The molecular weight excluding hydrogens is 809 g/mol. The molecule has 0 aliphatic heterocycles. The second kappa shape index (κ2) is 14.5. The van der Waals surface area contributed by atoms with Gasteiger partial charge in [-0.1, -0.05) is 176 Å². The molecule has 0 bridgehead atoms. The smallest absolute Gasteiger partial charge is 0.0991 e. The number of benzene rings is 13. The number of fused-ring (bicyclic) bond motifs is 14. The maximum atomic E-state index is 9.53. The van der Waals surface area contributed by atoms with Gasteiger partial charge in [-0.2, -0.15) is 5.26 Å². The van der Waals surface area contributed by atoms with Crippen LogP contribution in [0.4, 0.5) is 0 Å². The van der Waals surface area contributed by atoms with Gasteiger partial charge in [0.05, 0.1) is 22.7 Å². The third-order valence-corrected chi connectivity index (χ3v) is 14.3. The standard InChI is InChI=1S/C65H38N2/c66-39-40-22-23-42-26-29-45(35-47(42)34-40)41-24-27-44(28-25-41)63-53-18-8-10-20-55(53)64(56-21-11-9-19-54(56)63)46-30-32-52-57(36-46)50-16-6-7-17-51(50)58-37-60-62(38-59(52)58)67(48-13-2-1-3-14-48)61-33-31-43-12-4-5-15-49(43)65(60)61/h1-38H. The van der Waals surface area contributed by atoms with Crippen LogP contribution in [0.5, 0.6) is 0 Å². The van der Waals surface area contributed by atoms with E-state index in [0.717, 1.165) is 27.6 Å². The summed E-state index contributed by atoms with van der Waals surface area (Å²) in [6, 6.07) is 86.7. The summed E-state index contributed by atoms with van der Waals surface area (Å²) < 4.78 is 2.45. The van der Waals surface area contributed by atoms with Crippen LogP contribution in [0.15, 0.2) is 231 Å². The average molecular weight is 847 g/mol. The first-order valence-electron chi connectivity index (χ1n) is 23.0. The van der Waals surface area contributed by atoms with Crippen molar-refractivity contribution in [3.05, 3.63) is 236 Å². The van der Waals surface area contributed by atoms with Gasteiger partial charge in [-0.25, -0.2) is 0 Å². The zero-order chi connectivity index (χ0) is 44.2. The van der Waals surface area contributed by atoms with Gasteiger partial charge >= 0.3 is 0 Å². The SMILES string of the molecule is N#Cc1ccc2ccc(-c3ccc(-c4c5ccccc5c(-c5ccc6c(c5)c5ccccc5c5cc7c8c9ccccc9ccc8n(-c8ccccc8)c7cc65)c5ccccc45)cc3)cc2c1. The lowest BCUT2D eigenvalue weighted by Crippen LogP contribution is -1.93. The minimum absolute atomic E-state index is 0.673. The topological polar surface area (TPSA) is 28.7 Å². The van der Waals surface area contributed by atoms with Crippen molar-refractivity contribution in [1.82, 2.24) is 4.57 Å². The molecule has 0 saturated heterocycles. The molecule has 67 heavy (non-hydrogen) atoms. The molecule has 0 aliphatic rings. The van der Waals surface area contributed by atoms with Crippen molar-refractivity contribution in [2.75, 3.05) is 0 Å². The lowest BCUT2D eigenvalue weighted by atomic mass is 9.84. The van der Waals surface area contributed by atoms with E-state index >= 15 is 0 Å². The molecule has 14 aromatic rings. The number of rotatable bonds is 4. The highest BCUT2D eigenvalue weighted by atomic mass is 15.0. The van der Waals surface area contributed by atoms with Gasteiger partial charge in [0.15, 0.2) is 0 Å². The predicted molar refractivity (Wildman–Crippen MR) is 284 cm³/mol. The molecule has 0 saturated carbocycles. The molecule has 2 nitrogen and oxygen atoms in total. The van der Waals surface area contributed by atoms with Gasteiger partial charge in [0.2, 0.25) is 0 Å². The second-order valence-corrected chi connectivity index (χ2v) is 17.9. The van der Waals surface area contributed by atoms with E-state index in [1.165, 1.54) is 109 Å². The summed E-state index contributed by atoms with van der Waals surface area (Å²) in [6.07, 6.45) is 0. The van der Waals surface area contributed by atoms with Gasteiger partial charge in [-0.3, -0.25) is 0 Å². The largest absolute Gasteiger partial charge is 0.309 e. The molecule has 0 fully saturated rings. The molecule has 0 amide bonds. The Morgan fingerprint density at radius 1 is 0.284 bits per heavy atom. The fourth-order valence-corrected chi connectivity index (χ4v) is 11.3. The van der Waals surface area contributed by atoms with Gasteiger partial charge in [-0.05, 0) is 163 Å². The summed E-state index contributed by atoms with van der Waals surface area (Å²) >= 11 is 0. The van der Waals surface area contributed by atoms with E-state index in [4.69, 9.17) is 0 Å². The fraction of sp³-hybridized carbons (Fsp3) is 0. The predicted octanol–water partition coefficient (Wildman–Crippen LogP) is 17.7. The summed E-state index contributed by atoms with van der Waals surface area (Å²) in [5.41, 5.74) is 11.4. The van der Waals surface area contributed by atoms with Crippen LogP contribution in [0.2, 0.25) is 0 Å². The first-order valence-corrected chi connectivity index (χ1v) is 23.0. The van der Waals surface area contributed by atoms with Crippen molar-refractivity contribution in [2.24, 2.45) is 0 Å². The van der Waals surface area contributed by atoms with Crippen molar-refractivity contribution in [1.29, 1.82) is 5.26 Å². The third kappa shape index (κ3) is 5.62. The highest BCUT2D eigenvalue weighted by Gasteiger charge is 2.21. The molecule has 1 heterocycles. The Balaban J connectivity index is 0.985. The Morgan fingerprint density at radius 2 is 0.806 bits per heavy atom. The molecule has 0 aliphatic carbocycles. The molecule has 0 N–H and O–H groups in total. The molecule has 2 heteroatoms. The second-order valence-electron chi connectivity index (χ2n) is 17.9. The Kier molecular flexibility index (Phi) is 8.08. The van der Waals surface area contributed by atoms with Crippen LogP contribution in [0.1, 0.15) is 5.56 Å². The molecule has 0 spiro atoms. The summed E-state index contributed by atoms with van der Waals surface area (Å²) in [5, 5.41) is 29.2. The minimum Gasteiger partial charge on any atom is -0.309 e. The van der Waals surface area contributed by atoms with E-state index in [9.17, 15) is 5.26 Å². The quantitative estimate of drug-likeness (QED) is 0.128. The van der Waals surface area contributed by atoms with Crippen molar-refractivity contribution >= 4 is 97.2 Å². The molecule has 14 rings (SSSR count). The maximum Gasteiger partial charge on any atom is 0.0991 e. The monoisotopic (exact) mass is 846 g/mol. The van der Waals surface area contributed by atoms with Gasteiger partial charge in [0.1, 0.15) is 0 Å². The van der Waals surface area contributed by atoms with E-state index in [1.807, 2.05) is 18.2 Å². The molecule has 13 aromatic carbocycles. The van der Waals surface area contributed by atoms with Gasteiger partial charge < -0.3 is 4.57 Å². The highest BCUT2D eigenvalue weighted by molar-refractivity contribution is 6.31. The normalized spacial score (nSPS) is 11.9.